The Bertz CT molecular complexity index is 398. The fourth-order valence-corrected chi connectivity index (χ4v) is 1.64. The van der Waals surface area contributed by atoms with Crippen molar-refractivity contribution < 1.29 is 4.74 Å². The highest BCUT2D eigenvalue weighted by Crippen LogP contribution is 2.18. The van der Waals surface area contributed by atoms with Gasteiger partial charge in [-0.15, -0.1) is 0 Å². The Balaban J connectivity index is 2.57. The zero-order chi connectivity index (χ0) is 14.3. The molecule has 0 aromatic heterocycles. The largest absolute Gasteiger partial charge is 0.493 e. The summed E-state index contributed by atoms with van der Waals surface area (Å²) in [6.45, 7) is 9.71. The van der Waals surface area contributed by atoms with Gasteiger partial charge in [0.2, 0.25) is 0 Å². The maximum absolute atomic E-state index is 5.75. The SMILES string of the molecule is CCN=C(N)NC(C)c1ccc(OCC(C)C)cc1. The lowest BCUT2D eigenvalue weighted by molar-refractivity contribution is 0.271. The number of benzene rings is 1. The lowest BCUT2D eigenvalue weighted by Gasteiger charge is -2.15. The molecule has 1 atom stereocenters. The lowest BCUT2D eigenvalue weighted by Crippen LogP contribution is -2.33. The smallest absolute Gasteiger partial charge is 0.189 e. The molecule has 0 amide bonds. The molecule has 1 rings (SSSR count). The van der Waals surface area contributed by atoms with Gasteiger partial charge in [-0.05, 0) is 37.5 Å². The van der Waals surface area contributed by atoms with Gasteiger partial charge in [0.1, 0.15) is 5.75 Å². The van der Waals surface area contributed by atoms with Crippen LogP contribution in [0.2, 0.25) is 0 Å². The summed E-state index contributed by atoms with van der Waals surface area (Å²) in [5.41, 5.74) is 6.91. The van der Waals surface area contributed by atoms with Crippen LogP contribution in [0.15, 0.2) is 29.3 Å². The fraction of sp³-hybridized carbons (Fsp3) is 0.533. The van der Waals surface area contributed by atoms with E-state index in [1.807, 2.05) is 31.2 Å². The zero-order valence-corrected chi connectivity index (χ0v) is 12.3. The average molecular weight is 263 g/mol. The molecule has 0 fully saturated rings. The highest BCUT2D eigenvalue weighted by atomic mass is 16.5. The number of rotatable bonds is 6. The molecular weight excluding hydrogens is 238 g/mol. The van der Waals surface area contributed by atoms with Crippen molar-refractivity contribution in [2.24, 2.45) is 16.6 Å². The lowest BCUT2D eigenvalue weighted by atomic mass is 10.1. The van der Waals surface area contributed by atoms with Gasteiger partial charge in [-0.25, -0.2) is 0 Å². The number of nitrogens with zero attached hydrogens (tertiary/aromatic N) is 1. The minimum atomic E-state index is 0.134. The number of nitrogens with two attached hydrogens (primary N) is 1. The molecular formula is C15H25N3O. The number of hydrogen-bond acceptors (Lipinski definition) is 2. The van der Waals surface area contributed by atoms with E-state index in [0.717, 1.165) is 17.9 Å². The van der Waals surface area contributed by atoms with Crippen LogP contribution in [0.4, 0.5) is 0 Å². The van der Waals surface area contributed by atoms with Gasteiger partial charge in [-0.3, -0.25) is 4.99 Å². The molecule has 0 radical (unpaired) electrons. The number of aliphatic imine (C=N–C) groups is 1. The van der Waals surface area contributed by atoms with E-state index < -0.39 is 0 Å². The Hall–Kier alpha value is -1.71. The Morgan fingerprint density at radius 3 is 2.42 bits per heavy atom. The summed E-state index contributed by atoms with van der Waals surface area (Å²) in [4.78, 5) is 4.12. The van der Waals surface area contributed by atoms with E-state index >= 15 is 0 Å². The number of hydrogen-bond donors (Lipinski definition) is 2. The van der Waals surface area contributed by atoms with Crippen LogP contribution in [-0.2, 0) is 0 Å². The number of ether oxygens (including phenoxy) is 1. The van der Waals surface area contributed by atoms with E-state index in [4.69, 9.17) is 10.5 Å². The van der Waals surface area contributed by atoms with Crippen LogP contribution in [0, 0.1) is 5.92 Å². The van der Waals surface area contributed by atoms with Gasteiger partial charge in [0.15, 0.2) is 5.96 Å². The second kappa shape index (κ2) is 7.67. The molecule has 4 nitrogen and oxygen atoms in total. The van der Waals surface area contributed by atoms with Gasteiger partial charge in [0, 0.05) is 6.54 Å². The molecule has 3 N–H and O–H groups in total. The molecule has 19 heavy (non-hydrogen) atoms. The van der Waals surface area contributed by atoms with Crippen LogP contribution in [0.5, 0.6) is 5.75 Å². The summed E-state index contributed by atoms with van der Waals surface area (Å²) in [6.07, 6.45) is 0. The second-order valence-corrected chi connectivity index (χ2v) is 5.00. The fourth-order valence-electron chi connectivity index (χ4n) is 1.64. The van der Waals surface area contributed by atoms with Crippen molar-refractivity contribution in [1.29, 1.82) is 0 Å². The van der Waals surface area contributed by atoms with Crippen LogP contribution >= 0.6 is 0 Å². The summed E-state index contributed by atoms with van der Waals surface area (Å²) < 4.78 is 5.65. The van der Waals surface area contributed by atoms with Gasteiger partial charge in [-0.1, -0.05) is 26.0 Å². The minimum absolute atomic E-state index is 0.134. The maximum atomic E-state index is 5.75. The molecule has 1 aromatic carbocycles. The van der Waals surface area contributed by atoms with E-state index in [1.54, 1.807) is 0 Å². The Kier molecular flexibility index (Phi) is 6.19. The van der Waals surface area contributed by atoms with E-state index in [2.05, 4.69) is 31.1 Å². The molecule has 4 heteroatoms. The number of nitrogens with one attached hydrogen (secondary N) is 1. The van der Waals surface area contributed by atoms with E-state index in [9.17, 15) is 0 Å². The first-order valence-corrected chi connectivity index (χ1v) is 6.82. The van der Waals surface area contributed by atoms with Gasteiger partial charge in [0.05, 0.1) is 12.6 Å². The van der Waals surface area contributed by atoms with Crippen LogP contribution < -0.4 is 15.8 Å². The Morgan fingerprint density at radius 1 is 1.26 bits per heavy atom. The average Bonchev–Trinajstić information content (AvgIpc) is 2.37. The first-order valence-electron chi connectivity index (χ1n) is 6.82. The summed E-state index contributed by atoms with van der Waals surface area (Å²) in [7, 11) is 0. The standard InChI is InChI=1S/C15H25N3O/c1-5-17-15(16)18-12(4)13-6-8-14(9-7-13)19-10-11(2)3/h6-9,11-12H,5,10H2,1-4H3,(H3,16,17,18). The van der Waals surface area contributed by atoms with Crippen molar-refractivity contribution >= 4 is 5.96 Å². The molecule has 106 valence electrons. The van der Waals surface area contributed by atoms with Gasteiger partial charge in [-0.2, -0.15) is 0 Å². The van der Waals surface area contributed by atoms with Crippen molar-refractivity contribution in [3.63, 3.8) is 0 Å². The molecule has 1 unspecified atom stereocenters. The predicted octanol–water partition coefficient (Wildman–Crippen LogP) is 2.71. The summed E-state index contributed by atoms with van der Waals surface area (Å²) in [5, 5.41) is 3.15. The van der Waals surface area contributed by atoms with E-state index in [-0.39, 0.29) is 6.04 Å². The van der Waals surface area contributed by atoms with Crippen molar-refractivity contribution in [3.8, 4) is 5.75 Å². The summed E-state index contributed by atoms with van der Waals surface area (Å²) in [5.74, 6) is 1.92. The van der Waals surface area contributed by atoms with Gasteiger partial charge >= 0.3 is 0 Å². The van der Waals surface area contributed by atoms with Crippen LogP contribution in [0.1, 0.15) is 39.3 Å². The van der Waals surface area contributed by atoms with Crippen molar-refractivity contribution in [2.75, 3.05) is 13.2 Å². The molecule has 0 saturated carbocycles. The van der Waals surface area contributed by atoms with Crippen LogP contribution in [-0.4, -0.2) is 19.1 Å². The molecule has 1 aromatic rings. The number of guanidine groups is 1. The quantitative estimate of drug-likeness (QED) is 0.613. The first-order chi connectivity index (χ1) is 9.02. The molecule has 0 aliphatic heterocycles. The molecule has 0 aliphatic rings. The molecule has 0 saturated heterocycles. The maximum Gasteiger partial charge on any atom is 0.189 e. The molecule has 0 spiro atoms. The highest BCUT2D eigenvalue weighted by Gasteiger charge is 2.06. The van der Waals surface area contributed by atoms with Crippen LogP contribution in [0.25, 0.3) is 0 Å². The van der Waals surface area contributed by atoms with Crippen LogP contribution in [0.3, 0.4) is 0 Å². The molecule has 0 heterocycles. The first kappa shape index (κ1) is 15.3. The third-order valence-electron chi connectivity index (χ3n) is 2.66. The molecule has 0 bridgehead atoms. The predicted molar refractivity (Wildman–Crippen MR) is 80.5 cm³/mol. The Labute approximate surface area is 116 Å². The normalized spacial score (nSPS) is 13.4. The van der Waals surface area contributed by atoms with E-state index in [1.165, 1.54) is 0 Å². The second-order valence-electron chi connectivity index (χ2n) is 5.00. The van der Waals surface area contributed by atoms with E-state index in [0.29, 0.717) is 18.4 Å². The highest BCUT2D eigenvalue weighted by molar-refractivity contribution is 5.78. The van der Waals surface area contributed by atoms with Crippen molar-refractivity contribution in [3.05, 3.63) is 29.8 Å². The summed E-state index contributed by atoms with van der Waals surface area (Å²) >= 11 is 0. The third kappa shape index (κ3) is 5.64. The Morgan fingerprint density at radius 2 is 1.89 bits per heavy atom. The monoisotopic (exact) mass is 263 g/mol. The zero-order valence-electron chi connectivity index (χ0n) is 12.3. The summed E-state index contributed by atoms with van der Waals surface area (Å²) in [6, 6.07) is 8.21. The van der Waals surface area contributed by atoms with Crippen molar-refractivity contribution in [1.82, 2.24) is 5.32 Å². The topological polar surface area (TPSA) is 59.6 Å². The molecule has 0 aliphatic carbocycles. The van der Waals surface area contributed by atoms with Crippen molar-refractivity contribution in [2.45, 2.75) is 33.7 Å². The van der Waals surface area contributed by atoms with Gasteiger partial charge in [0.25, 0.3) is 0 Å². The van der Waals surface area contributed by atoms with Gasteiger partial charge < -0.3 is 15.8 Å². The third-order valence-corrected chi connectivity index (χ3v) is 2.66. The minimum Gasteiger partial charge on any atom is -0.493 e.